The van der Waals surface area contributed by atoms with Crippen LogP contribution in [0.5, 0.6) is 5.75 Å². The van der Waals surface area contributed by atoms with Gasteiger partial charge in [0.05, 0.1) is 28.6 Å². The molecule has 2 aromatic carbocycles. The fraction of sp³-hybridized carbons (Fsp3) is 0.333. The van der Waals surface area contributed by atoms with Gasteiger partial charge in [-0.05, 0) is 50.1 Å². The van der Waals surface area contributed by atoms with E-state index >= 15 is 0 Å². The van der Waals surface area contributed by atoms with Crippen molar-refractivity contribution in [2.24, 2.45) is 5.92 Å². The van der Waals surface area contributed by atoms with Gasteiger partial charge in [-0.3, -0.25) is 4.79 Å². The highest BCUT2D eigenvalue weighted by atomic mass is 32.2. The largest absolute Gasteiger partial charge is 0.494 e. The number of nitrogens with zero attached hydrogens (tertiary/aromatic N) is 4. The van der Waals surface area contributed by atoms with Crippen LogP contribution in [0.1, 0.15) is 19.8 Å². The molecule has 172 valence electrons. The van der Waals surface area contributed by atoms with Crippen LogP contribution in [-0.4, -0.2) is 52.1 Å². The topological polar surface area (TPSA) is 114 Å². The van der Waals surface area contributed by atoms with Crippen molar-refractivity contribution in [2.45, 2.75) is 24.7 Å². The van der Waals surface area contributed by atoms with Gasteiger partial charge in [0.2, 0.25) is 15.9 Å². The Hall–Kier alpha value is -2.67. The van der Waals surface area contributed by atoms with Crippen molar-refractivity contribution in [3.8, 4) is 5.75 Å². The first-order valence-electron chi connectivity index (χ1n) is 10.5. The molecule has 0 atom stereocenters. The Labute approximate surface area is 198 Å². The summed E-state index contributed by atoms with van der Waals surface area (Å²) >= 11 is 2.38. The van der Waals surface area contributed by atoms with E-state index in [2.05, 4.69) is 19.0 Å². The number of thiazole rings is 1. The van der Waals surface area contributed by atoms with Gasteiger partial charge in [-0.2, -0.15) is 13.1 Å². The summed E-state index contributed by atoms with van der Waals surface area (Å²) < 4.78 is 42.5. The lowest BCUT2D eigenvalue weighted by Crippen LogP contribution is -2.41. The number of aromatic nitrogens is 3. The lowest BCUT2D eigenvalue weighted by molar-refractivity contribution is -0.120. The van der Waals surface area contributed by atoms with E-state index in [0.717, 1.165) is 27.7 Å². The van der Waals surface area contributed by atoms with E-state index in [1.807, 2.05) is 25.1 Å². The Morgan fingerprint density at radius 1 is 1.18 bits per heavy atom. The van der Waals surface area contributed by atoms with Crippen LogP contribution < -0.4 is 10.1 Å². The molecule has 2 aromatic heterocycles. The first-order valence-corrected chi connectivity index (χ1v) is 13.5. The molecule has 9 nitrogen and oxygen atoms in total. The van der Waals surface area contributed by atoms with E-state index in [4.69, 9.17) is 4.74 Å². The normalized spacial score (nSPS) is 15.8. The second-order valence-electron chi connectivity index (χ2n) is 7.64. The molecule has 1 fully saturated rings. The fourth-order valence-corrected chi connectivity index (χ4v) is 7.03. The Balaban J connectivity index is 1.25. The number of nitrogens with one attached hydrogen (secondary N) is 1. The van der Waals surface area contributed by atoms with E-state index in [-0.39, 0.29) is 29.8 Å². The van der Waals surface area contributed by atoms with Crippen molar-refractivity contribution >= 4 is 65.4 Å². The maximum absolute atomic E-state index is 13.2. The van der Waals surface area contributed by atoms with E-state index < -0.39 is 10.0 Å². The molecule has 5 rings (SSSR count). The number of carbonyl (C=O) groups is 1. The van der Waals surface area contributed by atoms with E-state index in [9.17, 15) is 13.2 Å². The summed E-state index contributed by atoms with van der Waals surface area (Å²) in [5.74, 6) is 0.352. The Morgan fingerprint density at radius 2 is 2.00 bits per heavy atom. The Morgan fingerprint density at radius 3 is 2.79 bits per heavy atom. The third kappa shape index (κ3) is 4.31. The minimum Gasteiger partial charge on any atom is -0.494 e. The summed E-state index contributed by atoms with van der Waals surface area (Å²) in [6, 6.07) is 10.6. The number of hydrogen-bond acceptors (Lipinski definition) is 9. The Bertz CT molecular complexity index is 1420. The predicted octanol–water partition coefficient (Wildman–Crippen LogP) is 3.74. The molecule has 1 aliphatic rings. The molecule has 33 heavy (non-hydrogen) atoms. The summed E-state index contributed by atoms with van der Waals surface area (Å²) in [5.41, 5.74) is 1.76. The third-order valence-electron chi connectivity index (χ3n) is 5.59. The number of fused-ring (bicyclic) bond motifs is 2. The van der Waals surface area contributed by atoms with Gasteiger partial charge < -0.3 is 10.1 Å². The van der Waals surface area contributed by atoms with Crippen molar-refractivity contribution in [1.82, 2.24) is 18.0 Å². The minimum absolute atomic E-state index is 0.137. The zero-order chi connectivity index (χ0) is 23.0. The number of amides is 1. The quantitative estimate of drug-likeness (QED) is 0.426. The molecule has 0 saturated carbocycles. The highest BCUT2D eigenvalue weighted by Crippen LogP contribution is 2.31. The zero-order valence-electron chi connectivity index (χ0n) is 17.7. The summed E-state index contributed by atoms with van der Waals surface area (Å²) in [5, 5.41) is 3.43. The van der Waals surface area contributed by atoms with Gasteiger partial charge in [-0.15, -0.1) is 0 Å². The maximum Gasteiger partial charge on any atom is 0.245 e. The molecule has 0 spiro atoms. The summed E-state index contributed by atoms with van der Waals surface area (Å²) in [7, 11) is -3.71. The lowest BCUT2D eigenvalue weighted by Gasteiger charge is -2.30. The zero-order valence-corrected chi connectivity index (χ0v) is 20.2. The van der Waals surface area contributed by atoms with Crippen molar-refractivity contribution < 1.29 is 17.9 Å². The summed E-state index contributed by atoms with van der Waals surface area (Å²) in [6.45, 7) is 3.05. The van der Waals surface area contributed by atoms with Crippen LogP contribution in [0, 0.1) is 5.92 Å². The second kappa shape index (κ2) is 8.93. The molecule has 0 unspecified atom stereocenters. The number of carbonyl (C=O) groups excluding carboxylic acids is 1. The van der Waals surface area contributed by atoms with Gasteiger partial charge in [0.15, 0.2) is 5.13 Å². The molecule has 4 aromatic rings. The molecule has 0 bridgehead atoms. The predicted molar refractivity (Wildman–Crippen MR) is 128 cm³/mol. The van der Waals surface area contributed by atoms with Gasteiger partial charge in [0.25, 0.3) is 0 Å². The van der Waals surface area contributed by atoms with Gasteiger partial charge in [0.1, 0.15) is 21.7 Å². The molecular weight excluding hydrogens is 482 g/mol. The molecule has 0 radical (unpaired) electrons. The molecule has 0 aliphatic carbocycles. The number of sulfonamides is 1. The summed E-state index contributed by atoms with van der Waals surface area (Å²) in [4.78, 5) is 17.5. The molecule has 1 N–H and O–H groups in total. The smallest absolute Gasteiger partial charge is 0.245 e. The molecule has 1 aliphatic heterocycles. The van der Waals surface area contributed by atoms with E-state index in [1.165, 1.54) is 15.6 Å². The van der Waals surface area contributed by atoms with Crippen LogP contribution in [0.25, 0.3) is 21.3 Å². The maximum atomic E-state index is 13.2. The molecular formula is C21H21N5O4S3. The first-order chi connectivity index (χ1) is 16.0. The number of ether oxygens (including phenoxy) is 1. The standard InChI is InChI=1S/C21H21N5O4S3/c1-2-30-14-6-7-15-17(12-14)31-21(22-15)23-20(27)13-8-10-26(11-9-13)33(28,29)18-5-3-4-16-19(18)25-32-24-16/h3-7,12-13H,2,8-11H2,1H3,(H,22,23,27). The van der Waals surface area contributed by atoms with Crippen molar-refractivity contribution in [3.63, 3.8) is 0 Å². The monoisotopic (exact) mass is 503 g/mol. The second-order valence-corrected chi connectivity index (χ2v) is 11.1. The fourth-order valence-electron chi connectivity index (χ4n) is 3.91. The number of piperidine rings is 1. The SMILES string of the molecule is CCOc1ccc2nc(NC(=O)C3CCN(S(=O)(=O)c4cccc5nsnc45)CC3)sc2c1. The van der Waals surface area contributed by atoms with Gasteiger partial charge in [-0.25, -0.2) is 13.4 Å². The third-order valence-corrected chi connectivity index (χ3v) is 9.00. The average molecular weight is 504 g/mol. The van der Waals surface area contributed by atoms with Crippen LogP contribution in [0.4, 0.5) is 5.13 Å². The van der Waals surface area contributed by atoms with Crippen molar-refractivity contribution in [2.75, 3.05) is 25.0 Å². The number of anilines is 1. The highest BCUT2D eigenvalue weighted by Gasteiger charge is 2.33. The van der Waals surface area contributed by atoms with Gasteiger partial charge in [-0.1, -0.05) is 17.4 Å². The van der Waals surface area contributed by atoms with Crippen LogP contribution in [0.15, 0.2) is 41.3 Å². The molecule has 1 saturated heterocycles. The molecule has 1 amide bonds. The van der Waals surface area contributed by atoms with Crippen LogP contribution >= 0.6 is 23.1 Å². The van der Waals surface area contributed by atoms with Gasteiger partial charge in [0, 0.05) is 19.0 Å². The minimum atomic E-state index is -3.71. The van der Waals surface area contributed by atoms with Crippen LogP contribution in [0.3, 0.4) is 0 Å². The molecule has 12 heteroatoms. The van der Waals surface area contributed by atoms with Crippen molar-refractivity contribution in [3.05, 3.63) is 36.4 Å². The van der Waals surface area contributed by atoms with Gasteiger partial charge >= 0.3 is 0 Å². The van der Waals surface area contributed by atoms with Crippen LogP contribution in [-0.2, 0) is 14.8 Å². The van der Waals surface area contributed by atoms with Crippen molar-refractivity contribution in [1.29, 1.82) is 0 Å². The van der Waals surface area contributed by atoms with E-state index in [0.29, 0.717) is 35.6 Å². The van der Waals surface area contributed by atoms with E-state index in [1.54, 1.807) is 18.2 Å². The average Bonchev–Trinajstić information content (AvgIpc) is 3.45. The number of hydrogen-bond donors (Lipinski definition) is 1. The highest BCUT2D eigenvalue weighted by molar-refractivity contribution is 7.89. The Kier molecular flexibility index (Phi) is 5.99. The van der Waals surface area contributed by atoms with Crippen LogP contribution in [0.2, 0.25) is 0 Å². The lowest BCUT2D eigenvalue weighted by atomic mass is 9.97. The summed E-state index contributed by atoms with van der Waals surface area (Å²) in [6.07, 6.45) is 0.880. The number of rotatable bonds is 6. The number of benzene rings is 2. The first kappa shape index (κ1) is 22.1. The molecule has 3 heterocycles.